The van der Waals surface area contributed by atoms with Crippen molar-refractivity contribution >= 4 is 39.1 Å². The van der Waals surface area contributed by atoms with Crippen LogP contribution in [0.5, 0.6) is 5.75 Å². The van der Waals surface area contributed by atoms with E-state index >= 15 is 0 Å². The van der Waals surface area contributed by atoms with Gasteiger partial charge in [0.15, 0.2) is 5.82 Å². The molecule has 1 aliphatic carbocycles. The number of aromatic nitrogens is 6. The molecule has 0 amide bonds. The normalized spacial score (nSPS) is 17.2. The summed E-state index contributed by atoms with van der Waals surface area (Å²) in [7, 11) is 1.90. The van der Waals surface area contributed by atoms with Gasteiger partial charge < -0.3 is 9.84 Å². The van der Waals surface area contributed by atoms with Gasteiger partial charge in [-0.1, -0.05) is 11.6 Å². The molecule has 47 heavy (non-hydrogen) atoms. The first kappa shape index (κ1) is 31.5. The minimum atomic E-state index is -1.02. The molecule has 0 spiro atoms. The van der Waals surface area contributed by atoms with Crippen LogP contribution in [0.4, 0.5) is 0 Å². The molecule has 7 rings (SSSR count). The molecule has 5 heterocycles. The third kappa shape index (κ3) is 6.17. The number of likely N-dealkylation sites (tertiary alicyclic amines) is 1. The Hall–Kier alpha value is -4.13. The quantitative estimate of drug-likeness (QED) is 0.229. The smallest absolute Gasteiger partial charge is 0.338 e. The Kier molecular flexibility index (Phi) is 8.58. The van der Waals surface area contributed by atoms with Gasteiger partial charge in [0.25, 0.3) is 5.56 Å². The number of aryl methyl sites for hydroxylation is 4. The average Bonchev–Trinajstić information content (AvgIpc) is 3.69. The van der Waals surface area contributed by atoms with Crippen molar-refractivity contribution in [3.05, 3.63) is 85.5 Å². The number of benzene rings is 1. The van der Waals surface area contributed by atoms with Crippen molar-refractivity contribution in [2.45, 2.75) is 64.5 Å². The second-order valence-corrected chi connectivity index (χ2v) is 13.8. The number of carbonyl (C=O) groups is 1. The van der Waals surface area contributed by atoms with E-state index in [0.717, 1.165) is 71.7 Å². The fourth-order valence-corrected chi connectivity index (χ4v) is 8.21. The maximum atomic E-state index is 13.9. The number of hydrogen-bond acceptors (Lipinski definition) is 9. The molecule has 1 aliphatic heterocycles. The molecule has 1 saturated heterocycles. The lowest BCUT2D eigenvalue weighted by Gasteiger charge is -2.39. The number of carboxylic acid groups (broad SMARTS) is 1. The first-order chi connectivity index (χ1) is 22.7. The number of thiophene rings is 1. The van der Waals surface area contributed by atoms with Gasteiger partial charge in [-0.15, -0.1) is 11.3 Å². The van der Waals surface area contributed by atoms with E-state index in [9.17, 15) is 14.7 Å². The highest BCUT2D eigenvalue weighted by molar-refractivity contribution is 7.18. The van der Waals surface area contributed by atoms with Crippen molar-refractivity contribution in [1.29, 1.82) is 0 Å². The van der Waals surface area contributed by atoms with E-state index in [1.165, 1.54) is 11.3 Å². The SMILES string of the molecule is Cc1cc(-c2cc(Cl)ccc2OCCn2c(C)nc3c(c2=O)C[C@H](N2CCC(c4ncn(C)n4)CC2)CC3)c2scc(C(=O)O)c2n1. The molecule has 13 heteroatoms. The Morgan fingerprint density at radius 3 is 2.68 bits per heavy atom. The summed E-state index contributed by atoms with van der Waals surface area (Å²) in [5.41, 5.74) is 4.59. The Morgan fingerprint density at radius 2 is 1.94 bits per heavy atom. The van der Waals surface area contributed by atoms with Crippen molar-refractivity contribution in [2.24, 2.45) is 7.05 Å². The molecule has 0 radical (unpaired) electrons. The van der Waals surface area contributed by atoms with Gasteiger partial charge in [0.2, 0.25) is 0 Å². The van der Waals surface area contributed by atoms with Gasteiger partial charge in [0, 0.05) is 51.8 Å². The number of pyridine rings is 1. The van der Waals surface area contributed by atoms with Crippen molar-refractivity contribution in [2.75, 3.05) is 19.7 Å². The largest absolute Gasteiger partial charge is 0.491 e. The molecule has 1 N–H and O–H groups in total. The van der Waals surface area contributed by atoms with Crippen LogP contribution in [0.1, 0.15) is 64.1 Å². The van der Waals surface area contributed by atoms with E-state index in [0.29, 0.717) is 52.7 Å². The minimum Gasteiger partial charge on any atom is -0.491 e. The topological polar surface area (TPSA) is 128 Å². The zero-order valence-electron chi connectivity index (χ0n) is 26.6. The number of fused-ring (bicyclic) bond motifs is 2. The van der Waals surface area contributed by atoms with Gasteiger partial charge in [0.1, 0.15) is 24.5 Å². The lowest BCUT2D eigenvalue weighted by molar-refractivity contribution is 0.0699. The van der Waals surface area contributed by atoms with Crippen LogP contribution in [0.3, 0.4) is 0 Å². The predicted octanol–water partition coefficient (Wildman–Crippen LogP) is 5.43. The molecule has 11 nitrogen and oxygen atoms in total. The first-order valence-electron chi connectivity index (χ1n) is 15.9. The first-order valence-corrected chi connectivity index (χ1v) is 17.2. The predicted molar refractivity (Wildman–Crippen MR) is 181 cm³/mol. The lowest BCUT2D eigenvalue weighted by atomic mass is 9.88. The van der Waals surface area contributed by atoms with Crippen LogP contribution in [-0.4, -0.2) is 71.0 Å². The third-order valence-electron chi connectivity index (χ3n) is 9.41. The summed E-state index contributed by atoms with van der Waals surface area (Å²) in [6.07, 6.45) is 6.30. The Bertz CT molecular complexity index is 2050. The second-order valence-electron chi connectivity index (χ2n) is 12.5. The van der Waals surface area contributed by atoms with E-state index in [1.807, 2.05) is 39.1 Å². The summed E-state index contributed by atoms with van der Waals surface area (Å²) in [5, 5.41) is 16.3. The lowest BCUT2D eigenvalue weighted by Crippen LogP contribution is -2.46. The molecule has 2 aliphatic rings. The monoisotopic (exact) mass is 673 g/mol. The molecule has 5 aromatic rings. The number of nitrogens with zero attached hydrogens (tertiary/aromatic N) is 7. The van der Waals surface area contributed by atoms with Crippen LogP contribution in [0.2, 0.25) is 5.02 Å². The Morgan fingerprint density at radius 1 is 1.13 bits per heavy atom. The molecular weight excluding hydrogens is 638 g/mol. The van der Waals surface area contributed by atoms with Crippen molar-refractivity contribution in [3.63, 3.8) is 0 Å². The van der Waals surface area contributed by atoms with E-state index in [2.05, 4.69) is 20.0 Å². The zero-order chi connectivity index (χ0) is 32.8. The summed E-state index contributed by atoms with van der Waals surface area (Å²) in [6.45, 7) is 6.24. The van der Waals surface area contributed by atoms with E-state index in [-0.39, 0.29) is 17.7 Å². The van der Waals surface area contributed by atoms with Gasteiger partial charge in [-0.25, -0.2) is 14.8 Å². The average molecular weight is 674 g/mol. The standard InChI is InChI=1S/C34H36ClN7O4S/c1-19-14-25(31-30(37-19)27(17-47-31)34(44)45)24-15-22(35)4-7-29(24)46-13-12-42-20(2)38-28-6-5-23(16-26(28)33(42)43)41-10-8-21(9-11-41)32-36-18-40(3)39-32/h4,7,14-15,17-18,21,23H,5-6,8-13,16H2,1-3H3,(H,44,45)/t23-/m1/s1. The fourth-order valence-electron chi connectivity index (χ4n) is 7.02. The summed E-state index contributed by atoms with van der Waals surface area (Å²) >= 11 is 7.76. The molecule has 0 unspecified atom stereocenters. The molecule has 0 saturated carbocycles. The van der Waals surface area contributed by atoms with Crippen molar-refractivity contribution < 1.29 is 14.6 Å². The maximum Gasteiger partial charge on any atom is 0.338 e. The van der Waals surface area contributed by atoms with E-state index < -0.39 is 5.97 Å². The number of piperidine rings is 1. The number of hydrogen-bond donors (Lipinski definition) is 1. The van der Waals surface area contributed by atoms with Crippen molar-refractivity contribution in [1.82, 2.24) is 34.2 Å². The Balaban J connectivity index is 1.07. The number of aromatic carboxylic acids is 1. The van der Waals surface area contributed by atoms with Gasteiger partial charge in [-0.2, -0.15) is 5.10 Å². The highest BCUT2D eigenvalue weighted by Crippen LogP contribution is 2.40. The van der Waals surface area contributed by atoms with Crippen LogP contribution in [0.25, 0.3) is 21.3 Å². The number of carboxylic acids is 1. The highest BCUT2D eigenvalue weighted by atomic mass is 35.5. The molecule has 244 valence electrons. The molecule has 1 fully saturated rings. The summed E-state index contributed by atoms with van der Waals surface area (Å²) in [6, 6.07) is 7.62. The van der Waals surface area contributed by atoms with Gasteiger partial charge in [-0.05, 0) is 83.3 Å². The molecule has 1 atom stereocenters. The number of rotatable bonds is 8. The van der Waals surface area contributed by atoms with Crippen LogP contribution in [0.15, 0.2) is 40.8 Å². The fraction of sp³-hybridized carbons (Fsp3) is 0.412. The van der Waals surface area contributed by atoms with E-state index in [1.54, 1.807) is 27.0 Å². The maximum absolute atomic E-state index is 13.9. The van der Waals surface area contributed by atoms with Gasteiger partial charge >= 0.3 is 5.97 Å². The van der Waals surface area contributed by atoms with Gasteiger partial charge in [-0.3, -0.25) is 23.9 Å². The second kappa shape index (κ2) is 12.8. The third-order valence-corrected chi connectivity index (χ3v) is 10.6. The van der Waals surface area contributed by atoms with Crippen LogP contribution < -0.4 is 10.3 Å². The molecule has 0 bridgehead atoms. The van der Waals surface area contributed by atoms with E-state index in [4.69, 9.17) is 21.3 Å². The van der Waals surface area contributed by atoms with Crippen LogP contribution >= 0.6 is 22.9 Å². The van der Waals surface area contributed by atoms with Crippen molar-refractivity contribution in [3.8, 4) is 16.9 Å². The van der Waals surface area contributed by atoms with Gasteiger partial charge in [0.05, 0.1) is 28.0 Å². The molecular formula is C34H36ClN7O4S. The number of halogens is 1. The summed E-state index contributed by atoms with van der Waals surface area (Å²) < 4.78 is 10.6. The summed E-state index contributed by atoms with van der Waals surface area (Å²) in [5.74, 6) is 1.57. The Labute approximate surface area is 280 Å². The molecule has 1 aromatic carbocycles. The minimum absolute atomic E-state index is 0.0101. The zero-order valence-corrected chi connectivity index (χ0v) is 28.1. The van der Waals surface area contributed by atoms with Crippen LogP contribution in [-0.2, 0) is 26.4 Å². The molecule has 4 aromatic heterocycles. The van der Waals surface area contributed by atoms with Crippen LogP contribution in [0, 0.1) is 13.8 Å². The highest BCUT2D eigenvalue weighted by Gasteiger charge is 2.32. The summed E-state index contributed by atoms with van der Waals surface area (Å²) in [4.78, 5) is 42.1. The number of ether oxygens (including phenoxy) is 1.